The second-order valence-electron chi connectivity index (χ2n) is 2.70. The van der Waals surface area contributed by atoms with E-state index in [1.54, 1.807) is 5.56 Å². The summed E-state index contributed by atoms with van der Waals surface area (Å²) in [5.74, 6) is 0. The monoisotopic (exact) mass is 153 g/mol. The minimum Gasteiger partial charge on any atom is -0.313 e. The first kappa shape index (κ1) is 6.38. The van der Waals surface area contributed by atoms with Gasteiger partial charge in [-0.2, -0.15) is 11.3 Å². The van der Waals surface area contributed by atoms with E-state index >= 15 is 0 Å². The number of hydrogen-bond acceptors (Lipinski definition) is 2. The minimum absolute atomic E-state index is 1.08. The first-order valence-corrected chi connectivity index (χ1v) is 4.66. The van der Waals surface area contributed by atoms with Crippen LogP contribution in [0.25, 0.3) is 0 Å². The molecule has 1 aliphatic rings. The van der Waals surface area contributed by atoms with Crippen LogP contribution in [-0.4, -0.2) is 6.54 Å². The van der Waals surface area contributed by atoms with Crippen molar-refractivity contribution in [1.29, 1.82) is 0 Å². The van der Waals surface area contributed by atoms with Gasteiger partial charge in [0.05, 0.1) is 0 Å². The predicted molar refractivity (Wildman–Crippen MR) is 44.3 cm³/mol. The molecule has 0 aliphatic carbocycles. The molecule has 1 N–H and O–H groups in total. The van der Waals surface area contributed by atoms with Crippen LogP contribution in [0.1, 0.15) is 17.5 Å². The van der Waals surface area contributed by atoms with Gasteiger partial charge in [-0.05, 0) is 41.3 Å². The van der Waals surface area contributed by atoms with Crippen molar-refractivity contribution in [2.75, 3.05) is 6.54 Å². The van der Waals surface area contributed by atoms with Crippen LogP contribution < -0.4 is 5.32 Å². The highest BCUT2D eigenvalue weighted by Gasteiger charge is 2.06. The van der Waals surface area contributed by atoms with Crippen molar-refractivity contribution in [3.05, 3.63) is 21.9 Å². The summed E-state index contributed by atoms with van der Waals surface area (Å²) < 4.78 is 0. The molecular weight excluding hydrogens is 142 g/mol. The third-order valence-electron chi connectivity index (χ3n) is 1.95. The van der Waals surface area contributed by atoms with Gasteiger partial charge in [0.2, 0.25) is 0 Å². The molecule has 1 aliphatic heterocycles. The maximum absolute atomic E-state index is 3.40. The van der Waals surface area contributed by atoms with E-state index in [0.717, 1.165) is 6.54 Å². The molecule has 2 heteroatoms. The summed E-state index contributed by atoms with van der Waals surface area (Å²) in [7, 11) is 0. The first-order valence-electron chi connectivity index (χ1n) is 3.71. The maximum atomic E-state index is 3.40. The van der Waals surface area contributed by atoms with Crippen LogP contribution in [0.15, 0.2) is 10.8 Å². The molecule has 1 aromatic heterocycles. The third-order valence-corrected chi connectivity index (χ3v) is 2.79. The van der Waals surface area contributed by atoms with Gasteiger partial charge in [-0.1, -0.05) is 0 Å². The topological polar surface area (TPSA) is 12.0 Å². The van der Waals surface area contributed by atoms with Gasteiger partial charge in [0.15, 0.2) is 0 Å². The Bertz CT molecular complexity index is 196. The second kappa shape index (κ2) is 2.72. The number of hydrogen-bond donors (Lipinski definition) is 1. The smallest absolute Gasteiger partial charge is 0.0216 e. The molecule has 2 heterocycles. The summed E-state index contributed by atoms with van der Waals surface area (Å²) in [6.45, 7) is 2.26. The van der Waals surface area contributed by atoms with Crippen LogP contribution in [0.4, 0.5) is 0 Å². The predicted octanol–water partition coefficient (Wildman–Crippen LogP) is 1.78. The Labute approximate surface area is 65.1 Å². The molecule has 0 radical (unpaired) electrons. The van der Waals surface area contributed by atoms with Gasteiger partial charge in [0.25, 0.3) is 0 Å². The lowest BCUT2D eigenvalue weighted by atomic mass is 10.1. The van der Waals surface area contributed by atoms with Gasteiger partial charge in [0, 0.05) is 6.54 Å². The Balaban J connectivity index is 2.28. The van der Waals surface area contributed by atoms with Crippen LogP contribution in [0.3, 0.4) is 0 Å². The minimum atomic E-state index is 1.08. The molecule has 54 valence electrons. The molecule has 10 heavy (non-hydrogen) atoms. The van der Waals surface area contributed by atoms with E-state index in [1.807, 2.05) is 11.3 Å². The van der Waals surface area contributed by atoms with Gasteiger partial charge in [0.1, 0.15) is 0 Å². The van der Waals surface area contributed by atoms with Gasteiger partial charge in [-0.3, -0.25) is 0 Å². The standard InChI is InChI=1S/C8H11NS/c1-2-7-5-10-6-8(7)4-9-3-1/h5-6,9H,1-4H2. The maximum Gasteiger partial charge on any atom is 0.0216 e. The van der Waals surface area contributed by atoms with Gasteiger partial charge in [-0.25, -0.2) is 0 Å². The number of rotatable bonds is 0. The number of aryl methyl sites for hydroxylation is 1. The second-order valence-corrected chi connectivity index (χ2v) is 3.45. The fourth-order valence-corrected chi connectivity index (χ4v) is 2.25. The molecule has 0 spiro atoms. The van der Waals surface area contributed by atoms with E-state index in [0.29, 0.717) is 0 Å². The van der Waals surface area contributed by atoms with Crippen molar-refractivity contribution in [3.8, 4) is 0 Å². The van der Waals surface area contributed by atoms with E-state index in [9.17, 15) is 0 Å². The first-order chi connectivity index (χ1) is 4.97. The van der Waals surface area contributed by atoms with E-state index in [4.69, 9.17) is 0 Å². The quantitative estimate of drug-likeness (QED) is 0.599. The fraction of sp³-hybridized carbons (Fsp3) is 0.500. The summed E-state index contributed by atoms with van der Waals surface area (Å²) in [6, 6.07) is 0. The normalized spacial score (nSPS) is 18.0. The Kier molecular flexibility index (Phi) is 1.74. The van der Waals surface area contributed by atoms with Crippen LogP contribution >= 0.6 is 11.3 Å². The molecule has 0 bridgehead atoms. The molecule has 0 unspecified atom stereocenters. The Hall–Kier alpha value is -0.340. The van der Waals surface area contributed by atoms with Crippen molar-refractivity contribution in [2.24, 2.45) is 0 Å². The molecule has 0 amide bonds. The Morgan fingerprint density at radius 2 is 2.20 bits per heavy atom. The molecule has 1 aromatic rings. The zero-order valence-corrected chi connectivity index (χ0v) is 6.71. The summed E-state index contributed by atoms with van der Waals surface area (Å²) in [5.41, 5.74) is 3.08. The van der Waals surface area contributed by atoms with E-state index in [2.05, 4.69) is 16.1 Å². The lowest BCUT2D eigenvalue weighted by molar-refractivity contribution is 0.681. The highest BCUT2D eigenvalue weighted by Crippen LogP contribution is 2.18. The van der Waals surface area contributed by atoms with Crippen LogP contribution in [0.2, 0.25) is 0 Å². The molecule has 0 saturated carbocycles. The van der Waals surface area contributed by atoms with Gasteiger partial charge in [-0.15, -0.1) is 0 Å². The Morgan fingerprint density at radius 3 is 3.20 bits per heavy atom. The highest BCUT2D eigenvalue weighted by molar-refractivity contribution is 7.08. The summed E-state index contributed by atoms with van der Waals surface area (Å²) in [4.78, 5) is 0. The van der Waals surface area contributed by atoms with Crippen molar-refractivity contribution >= 4 is 11.3 Å². The summed E-state index contributed by atoms with van der Waals surface area (Å²) in [5, 5.41) is 7.93. The average Bonchev–Trinajstić information content (AvgIpc) is 2.28. The molecule has 0 atom stereocenters. The van der Waals surface area contributed by atoms with Crippen molar-refractivity contribution in [2.45, 2.75) is 19.4 Å². The molecular formula is C8H11NS. The lowest BCUT2D eigenvalue weighted by Gasteiger charge is -1.94. The largest absolute Gasteiger partial charge is 0.313 e. The van der Waals surface area contributed by atoms with Crippen molar-refractivity contribution < 1.29 is 0 Å². The lowest BCUT2D eigenvalue weighted by Crippen LogP contribution is -2.11. The highest BCUT2D eigenvalue weighted by atomic mass is 32.1. The van der Waals surface area contributed by atoms with Gasteiger partial charge < -0.3 is 5.32 Å². The van der Waals surface area contributed by atoms with Crippen molar-refractivity contribution in [1.82, 2.24) is 5.32 Å². The fourth-order valence-electron chi connectivity index (χ4n) is 1.35. The molecule has 0 fully saturated rings. The average molecular weight is 153 g/mol. The number of fused-ring (bicyclic) bond motifs is 1. The van der Waals surface area contributed by atoms with E-state index in [1.165, 1.54) is 24.9 Å². The molecule has 0 aromatic carbocycles. The number of thiophene rings is 1. The van der Waals surface area contributed by atoms with E-state index in [-0.39, 0.29) is 0 Å². The number of nitrogens with one attached hydrogen (secondary N) is 1. The SMILES string of the molecule is c1scc2c1CCCNC2. The van der Waals surface area contributed by atoms with E-state index < -0.39 is 0 Å². The zero-order valence-electron chi connectivity index (χ0n) is 5.89. The van der Waals surface area contributed by atoms with Crippen LogP contribution in [-0.2, 0) is 13.0 Å². The summed E-state index contributed by atoms with van der Waals surface area (Å²) >= 11 is 1.82. The third kappa shape index (κ3) is 1.09. The van der Waals surface area contributed by atoms with Crippen molar-refractivity contribution in [3.63, 3.8) is 0 Å². The van der Waals surface area contributed by atoms with Crippen LogP contribution in [0, 0.1) is 0 Å². The Morgan fingerprint density at radius 1 is 1.30 bits per heavy atom. The summed E-state index contributed by atoms with van der Waals surface area (Å²) in [6.07, 6.45) is 2.57. The zero-order chi connectivity index (χ0) is 6.81. The van der Waals surface area contributed by atoms with Gasteiger partial charge >= 0.3 is 0 Å². The molecule has 2 rings (SSSR count). The molecule has 1 nitrogen and oxygen atoms in total. The molecule has 0 saturated heterocycles. The van der Waals surface area contributed by atoms with Crippen LogP contribution in [0.5, 0.6) is 0 Å².